The second kappa shape index (κ2) is 52.1. The summed E-state index contributed by atoms with van der Waals surface area (Å²) in [7, 11) is 0. The molecular weight excluding hydrogens is 1430 g/mol. The summed E-state index contributed by atoms with van der Waals surface area (Å²) in [6.45, 7) is 22.7. The number of carbonyl (C=O) groups is 12. The molecule has 1 aromatic heterocycles. The summed E-state index contributed by atoms with van der Waals surface area (Å²) in [6.07, 6.45) is 6.59. The highest BCUT2D eigenvalue weighted by molar-refractivity contribution is 6.00. The highest BCUT2D eigenvalue weighted by atomic mass is 16.2. The van der Waals surface area contributed by atoms with Crippen LogP contribution in [0.5, 0.6) is 0 Å². The second-order valence-electron chi connectivity index (χ2n) is 30.7. The Hall–Kier alpha value is -9.22. The third-order valence-corrected chi connectivity index (χ3v) is 19.2. The zero-order valence-corrected chi connectivity index (χ0v) is 67.7. The second-order valence-corrected chi connectivity index (χ2v) is 30.7. The first-order valence-electron chi connectivity index (χ1n) is 39.6. The van der Waals surface area contributed by atoms with Gasteiger partial charge in [0.25, 0.3) is 0 Å². The van der Waals surface area contributed by atoms with Gasteiger partial charge < -0.3 is 115 Å². The highest BCUT2D eigenvalue weighted by Crippen LogP contribution is 2.22. The lowest BCUT2D eigenvalue weighted by Crippen LogP contribution is -2.62. The number of nitrogens with two attached hydrogens (primary N) is 9. The van der Waals surface area contributed by atoms with Crippen molar-refractivity contribution >= 4 is 93.7 Å². The van der Waals surface area contributed by atoms with E-state index in [2.05, 4.69) is 73.5 Å². The van der Waals surface area contributed by atoms with Gasteiger partial charge in [0.15, 0.2) is 11.9 Å². The molecule has 30 N–H and O–H groups in total. The van der Waals surface area contributed by atoms with E-state index in [0.717, 1.165) is 10.9 Å². The number of aromatic nitrogens is 1. The number of para-hydroxylation sites is 1. The Morgan fingerprint density at radius 1 is 0.378 bits per heavy atom. The van der Waals surface area contributed by atoms with E-state index in [1.54, 1.807) is 33.9 Å². The van der Waals surface area contributed by atoms with E-state index in [1.807, 2.05) is 79.7 Å². The Morgan fingerprint density at radius 2 is 0.703 bits per heavy atom. The van der Waals surface area contributed by atoms with Crippen LogP contribution in [0.15, 0.2) is 40.4 Å². The molecule has 1 aromatic carbocycles. The fraction of sp³-hybridized carbons (Fsp3) is 0.711. The van der Waals surface area contributed by atoms with E-state index >= 15 is 0 Å². The van der Waals surface area contributed by atoms with Gasteiger partial charge in [-0.1, -0.05) is 121 Å². The highest BCUT2D eigenvalue weighted by Gasteiger charge is 2.39. The molecule has 0 radical (unpaired) electrons. The van der Waals surface area contributed by atoms with E-state index in [4.69, 9.17) is 51.6 Å². The van der Waals surface area contributed by atoms with Crippen LogP contribution >= 0.6 is 0 Å². The first-order valence-corrected chi connectivity index (χ1v) is 39.6. The first-order chi connectivity index (χ1) is 52.4. The maximum atomic E-state index is 14.9. The lowest BCUT2D eigenvalue weighted by atomic mass is 9.95. The quantitative estimate of drug-likeness (QED) is 0.0220. The Labute approximate surface area is 655 Å². The van der Waals surface area contributed by atoms with Gasteiger partial charge >= 0.3 is 0 Å². The minimum absolute atomic E-state index is 0.0409. The number of aromatic amines is 1. The van der Waals surface area contributed by atoms with Crippen LogP contribution in [-0.4, -0.2) is 193 Å². The monoisotopic (exact) mass is 1560 g/mol. The number of H-pyrrole nitrogens is 1. The van der Waals surface area contributed by atoms with E-state index < -0.39 is 161 Å². The van der Waals surface area contributed by atoms with Crippen LogP contribution in [-0.2, 0) is 64.0 Å². The fourth-order valence-electron chi connectivity index (χ4n) is 12.4. The average molecular weight is 1570 g/mol. The Bertz CT molecular complexity index is 3320. The maximum Gasteiger partial charge on any atom is 0.243 e. The number of hydrogen-bond donors (Lipinski definition) is 21. The fourth-order valence-corrected chi connectivity index (χ4v) is 12.4. The number of unbranched alkanes of at least 4 members (excludes halogenated alkanes) is 3. The third-order valence-electron chi connectivity index (χ3n) is 19.2. The molecule has 0 saturated heterocycles. The SMILES string of the molecule is CC[C@H](C)[C@H](NC(=O)[C@H](CC(C)C)NC(=O)[C@H](CCCCN)NC(=O)[C@@H](NC(=O)[C@@H](NC(=O)[C@H](CCCN=C(N)N)NC(=O)[C@@H](N)CCCCN)[C@@H](C)CC)C(C)C)C(=O)N[C@@H](CC(C)C)C(=O)N[C@@H](CCCCN)C(=O)N[C@@H](Cc1c[nH]c2ccccc12)C(=O)N[C@@H](CC(C)C)C(=O)N[C@@H](CCCN=C(N)N)C(N)=O. The van der Waals surface area contributed by atoms with Crippen molar-refractivity contribution in [2.75, 3.05) is 32.7 Å². The van der Waals surface area contributed by atoms with Crippen LogP contribution in [0.2, 0.25) is 0 Å². The average Bonchev–Trinajstić information content (AvgIpc) is 1.72. The minimum Gasteiger partial charge on any atom is -0.370 e. The number of amides is 12. The molecule has 0 aliphatic heterocycles. The number of aliphatic imine (C=N–C) groups is 2. The number of benzene rings is 1. The maximum absolute atomic E-state index is 14.9. The number of nitrogens with zero attached hydrogens (tertiary/aromatic N) is 2. The molecule has 2 aromatic rings. The lowest BCUT2D eigenvalue weighted by Gasteiger charge is -2.31. The van der Waals surface area contributed by atoms with Crippen molar-refractivity contribution in [1.29, 1.82) is 0 Å². The number of rotatable bonds is 56. The molecule has 1 heterocycles. The van der Waals surface area contributed by atoms with Gasteiger partial charge in [0, 0.05) is 36.6 Å². The standard InChI is InChI=1S/C76H137N23O12/c1-13-46(11)61(99-71(108)58(39-44(7)8)93-66(103)54(29-19-22-34-79)92-72(109)60(45(9)10)97-74(111)62(47(12)14-2)98-67(104)55(31-24-36-87-76(84)85)90-64(101)50(80)26-17-20-32-77)73(110)96-57(38-43(5)6)69(106)91-53(28-18-21-33-78)65(102)95-59(40-48-41-88-51-27-16-15-25-49(48)51)70(107)94-56(37-42(3)4)68(105)89-52(63(81)100)30-23-35-86-75(82)83/h15-16,25,27,41-47,50,52-62,88H,13-14,17-24,26,28-40,77-80H2,1-12H3,(H2,81,100)(H,89,105)(H,90,101)(H,91,106)(H,92,109)(H,93,103)(H,94,107)(H,95,102)(H,96,110)(H,97,111)(H,98,104)(H,99,108)(H4,82,83,86)(H4,84,85,87)/t46-,47-,50-,52-,53-,54-,55-,56-,57-,58-,59-,60-,61-,62-/m0/s1. The molecule has 14 atom stereocenters. The summed E-state index contributed by atoms with van der Waals surface area (Å²) < 4.78 is 0. The van der Waals surface area contributed by atoms with E-state index in [9.17, 15) is 57.5 Å². The topological polar surface area (TPSA) is 612 Å². The predicted molar refractivity (Wildman–Crippen MR) is 431 cm³/mol. The summed E-state index contributed by atoms with van der Waals surface area (Å²) in [4.78, 5) is 183. The summed E-state index contributed by atoms with van der Waals surface area (Å²) in [5, 5.41) is 31.6. The molecule has 0 aliphatic carbocycles. The molecule has 628 valence electrons. The van der Waals surface area contributed by atoms with Crippen LogP contribution in [0.3, 0.4) is 0 Å². The molecule has 0 fully saturated rings. The number of primary amides is 1. The summed E-state index contributed by atoms with van der Waals surface area (Å²) in [5.41, 5.74) is 52.8. The van der Waals surface area contributed by atoms with E-state index in [0.29, 0.717) is 76.3 Å². The van der Waals surface area contributed by atoms with Crippen LogP contribution in [0.1, 0.15) is 204 Å². The van der Waals surface area contributed by atoms with Crippen LogP contribution in [0, 0.1) is 35.5 Å². The molecule has 111 heavy (non-hydrogen) atoms. The van der Waals surface area contributed by atoms with Crippen molar-refractivity contribution in [3.05, 3.63) is 36.0 Å². The minimum atomic E-state index is -1.36. The lowest BCUT2D eigenvalue weighted by molar-refractivity contribution is -0.137. The summed E-state index contributed by atoms with van der Waals surface area (Å²) in [6, 6.07) is -7.43. The van der Waals surface area contributed by atoms with Gasteiger partial charge in [0.05, 0.1) is 6.04 Å². The molecular formula is C76H137N23O12. The Morgan fingerprint density at radius 3 is 1.13 bits per heavy atom. The molecule has 0 bridgehead atoms. The van der Waals surface area contributed by atoms with Crippen molar-refractivity contribution in [3.63, 3.8) is 0 Å². The number of hydrogen-bond acceptors (Lipinski definition) is 18. The predicted octanol–water partition coefficient (Wildman–Crippen LogP) is -0.763. The number of guanidine groups is 2. The van der Waals surface area contributed by atoms with Gasteiger partial charge in [0.2, 0.25) is 70.9 Å². The molecule has 0 saturated carbocycles. The van der Waals surface area contributed by atoms with Crippen molar-refractivity contribution < 1.29 is 57.5 Å². The van der Waals surface area contributed by atoms with Crippen LogP contribution < -0.4 is 110 Å². The Balaban J connectivity index is 2.57. The van der Waals surface area contributed by atoms with Gasteiger partial charge in [-0.25, -0.2) is 0 Å². The molecule has 12 amide bonds. The number of nitrogens with one attached hydrogen (secondary N) is 12. The zero-order chi connectivity index (χ0) is 83.6. The largest absolute Gasteiger partial charge is 0.370 e. The van der Waals surface area contributed by atoms with Crippen LogP contribution in [0.25, 0.3) is 10.9 Å². The number of carbonyl (C=O) groups excluding carboxylic acids is 12. The zero-order valence-electron chi connectivity index (χ0n) is 67.7. The number of fused-ring (bicyclic) bond motifs is 1. The van der Waals surface area contributed by atoms with E-state index in [1.165, 1.54) is 0 Å². The van der Waals surface area contributed by atoms with Crippen molar-refractivity contribution in [3.8, 4) is 0 Å². The first kappa shape index (κ1) is 97.9. The van der Waals surface area contributed by atoms with Gasteiger partial charge in [-0.2, -0.15) is 0 Å². The van der Waals surface area contributed by atoms with Gasteiger partial charge in [-0.15, -0.1) is 0 Å². The molecule has 0 spiro atoms. The van der Waals surface area contributed by atoms with Gasteiger partial charge in [-0.3, -0.25) is 67.5 Å². The summed E-state index contributed by atoms with van der Waals surface area (Å²) in [5.74, 6) is -11.3. The molecule has 0 aliphatic rings. The Kier molecular flexibility index (Phi) is 45.9. The van der Waals surface area contributed by atoms with Gasteiger partial charge in [0.1, 0.15) is 66.5 Å². The molecule has 2 rings (SSSR count). The smallest absolute Gasteiger partial charge is 0.243 e. The molecule has 35 nitrogen and oxygen atoms in total. The summed E-state index contributed by atoms with van der Waals surface area (Å²) >= 11 is 0. The van der Waals surface area contributed by atoms with Crippen molar-refractivity contribution in [1.82, 2.24) is 63.5 Å². The van der Waals surface area contributed by atoms with E-state index in [-0.39, 0.29) is 114 Å². The molecule has 35 heteroatoms. The third kappa shape index (κ3) is 36.7. The molecule has 0 unspecified atom stereocenters. The van der Waals surface area contributed by atoms with Crippen molar-refractivity contribution in [2.45, 2.75) is 278 Å². The normalized spacial score (nSPS) is 15.2. The van der Waals surface area contributed by atoms with Crippen LogP contribution in [0.4, 0.5) is 0 Å². The van der Waals surface area contributed by atoms with Crippen molar-refractivity contribution in [2.24, 2.45) is 97.1 Å². The van der Waals surface area contributed by atoms with Gasteiger partial charge in [-0.05, 0) is 163 Å².